The Morgan fingerprint density at radius 3 is 2.43 bits per heavy atom. The van der Waals surface area contributed by atoms with Crippen LogP contribution in [0.3, 0.4) is 0 Å². The molecule has 0 aliphatic heterocycles. The van der Waals surface area contributed by atoms with Gasteiger partial charge in [-0.1, -0.05) is 18.2 Å². The van der Waals surface area contributed by atoms with Gasteiger partial charge in [0.1, 0.15) is 17.3 Å². The van der Waals surface area contributed by atoms with Crippen molar-refractivity contribution in [3.05, 3.63) is 78.6 Å². The number of aromatic nitrogens is 2. The maximum Gasteiger partial charge on any atom is 0.288 e. The number of nitrogens with one attached hydrogen (secondary N) is 3. The van der Waals surface area contributed by atoms with Crippen molar-refractivity contribution >= 4 is 17.7 Å². The highest BCUT2D eigenvalue weighted by Gasteiger charge is 2.14. The van der Waals surface area contributed by atoms with Gasteiger partial charge >= 0.3 is 0 Å². The van der Waals surface area contributed by atoms with E-state index in [4.69, 9.17) is 4.74 Å². The van der Waals surface area contributed by atoms with Gasteiger partial charge in [0.15, 0.2) is 6.61 Å². The summed E-state index contributed by atoms with van der Waals surface area (Å²) in [5.41, 5.74) is 5.08. The first-order chi connectivity index (χ1) is 14.5. The van der Waals surface area contributed by atoms with E-state index in [1.807, 2.05) is 6.07 Å². The lowest BCUT2D eigenvalue weighted by atomic mass is 10.3. The van der Waals surface area contributed by atoms with Gasteiger partial charge in [0, 0.05) is 5.69 Å². The van der Waals surface area contributed by atoms with Crippen LogP contribution in [0.25, 0.3) is 5.69 Å². The van der Waals surface area contributed by atoms with E-state index in [0.29, 0.717) is 11.4 Å². The van der Waals surface area contributed by atoms with Crippen molar-refractivity contribution in [3.8, 4) is 11.4 Å². The molecular formula is C20H18FN5O4. The van der Waals surface area contributed by atoms with Gasteiger partial charge in [-0.2, -0.15) is 0 Å². The fourth-order valence-corrected chi connectivity index (χ4v) is 2.40. The number of nitrogens with zero attached hydrogens (tertiary/aromatic N) is 2. The number of halogens is 1. The molecule has 0 fully saturated rings. The zero-order chi connectivity index (χ0) is 21.3. The Labute approximate surface area is 170 Å². The third-order valence-corrected chi connectivity index (χ3v) is 3.85. The van der Waals surface area contributed by atoms with Crippen LogP contribution in [0.15, 0.2) is 67.1 Å². The maximum atomic E-state index is 13.1. The van der Waals surface area contributed by atoms with Crippen LogP contribution in [0.5, 0.6) is 5.75 Å². The Morgan fingerprint density at radius 2 is 1.70 bits per heavy atom. The van der Waals surface area contributed by atoms with Crippen LogP contribution in [-0.4, -0.2) is 40.4 Å². The third kappa shape index (κ3) is 5.64. The number of ether oxygens (including phenoxy) is 1. The molecule has 2 aromatic carbocycles. The fraction of sp³-hybridized carbons (Fsp3) is 0.100. The number of carbonyl (C=O) groups is 3. The zero-order valence-electron chi connectivity index (χ0n) is 15.7. The second-order valence-corrected chi connectivity index (χ2v) is 6.01. The van der Waals surface area contributed by atoms with Crippen molar-refractivity contribution in [2.75, 3.05) is 13.2 Å². The summed E-state index contributed by atoms with van der Waals surface area (Å²) in [4.78, 5) is 39.8. The largest absolute Gasteiger partial charge is 0.484 e. The summed E-state index contributed by atoms with van der Waals surface area (Å²) in [6.45, 7) is -0.602. The van der Waals surface area contributed by atoms with E-state index in [-0.39, 0.29) is 18.8 Å². The van der Waals surface area contributed by atoms with E-state index in [0.717, 1.165) is 0 Å². The molecule has 9 nitrogen and oxygen atoms in total. The lowest BCUT2D eigenvalue weighted by Crippen LogP contribution is -2.47. The second-order valence-electron chi connectivity index (χ2n) is 6.01. The smallest absolute Gasteiger partial charge is 0.288 e. The highest BCUT2D eigenvalue weighted by atomic mass is 19.1. The highest BCUT2D eigenvalue weighted by Crippen LogP contribution is 2.12. The Hall–Kier alpha value is -4.21. The molecule has 1 aromatic heterocycles. The predicted molar refractivity (Wildman–Crippen MR) is 104 cm³/mol. The van der Waals surface area contributed by atoms with Gasteiger partial charge in [-0.05, 0) is 36.4 Å². The number of hydrogen-bond acceptors (Lipinski definition) is 5. The highest BCUT2D eigenvalue weighted by molar-refractivity contribution is 5.94. The van der Waals surface area contributed by atoms with Crippen molar-refractivity contribution < 1.29 is 23.5 Å². The molecule has 0 spiro atoms. The first kappa shape index (κ1) is 20.5. The number of carbonyl (C=O) groups excluding carboxylic acids is 3. The molecule has 3 aromatic rings. The molecule has 0 radical (unpaired) electrons. The number of amides is 3. The quantitative estimate of drug-likeness (QED) is 0.501. The van der Waals surface area contributed by atoms with Crippen molar-refractivity contribution in [1.82, 2.24) is 25.7 Å². The summed E-state index contributed by atoms with van der Waals surface area (Å²) in [6, 6.07) is 14.2. The number of imidazole rings is 1. The first-order valence-electron chi connectivity index (χ1n) is 8.85. The molecule has 0 saturated carbocycles. The van der Waals surface area contributed by atoms with Crippen LogP contribution in [0, 0.1) is 5.82 Å². The zero-order valence-corrected chi connectivity index (χ0v) is 15.7. The van der Waals surface area contributed by atoms with Crippen LogP contribution in [-0.2, 0) is 9.59 Å². The number of para-hydroxylation sites is 1. The SMILES string of the molecule is O=C(COc1ccccc1)NCC(=O)NNC(=O)c1cncn1-c1ccc(F)cc1. The van der Waals surface area contributed by atoms with Crippen LogP contribution in [0.2, 0.25) is 0 Å². The monoisotopic (exact) mass is 411 g/mol. The van der Waals surface area contributed by atoms with Crippen molar-refractivity contribution in [2.24, 2.45) is 0 Å². The summed E-state index contributed by atoms with van der Waals surface area (Å²) >= 11 is 0. The minimum absolute atomic E-state index is 0.127. The van der Waals surface area contributed by atoms with Gasteiger partial charge in [-0.3, -0.25) is 29.8 Å². The van der Waals surface area contributed by atoms with Gasteiger partial charge in [0.05, 0.1) is 19.1 Å². The minimum Gasteiger partial charge on any atom is -0.484 e. The van der Waals surface area contributed by atoms with Crippen molar-refractivity contribution in [1.29, 1.82) is 0 Å². The Morgan fingerprint density at radius 1 is 0.967 bits per heavy atom. The number of hydrogen-bond donors (Lipinski definition) is 3. The number of benzene rings is 2. The van der Waals surface area contributed by atoms with Gasteiger partial charge < -0.3 is 10.1 Å². The van der Waals surface area contributed by atoms with Crippen LogP contribution in [0.4, 0.5) is 4.39 Å². The maximum absolute atomic E-state index is 13.1. The molecule has 0 aliphatic rings. The van der Waals surface area contributed by atoms with Gasteiger partial charge in [0.25, 0.3) is 17.7 Å². The molecule has 1 heterocycles. The van der Waals surface area contributed by atoms with E-state index >= 15 is 0 Å². The summed E-state index contributed by atoms with van der Waals surface area (Å²) < 4.78 is 19.8. The first-order valence-corrected chi connectivity index (χ1v) is 8.85. The minimum atomic E-state index is -0.635. The topological polar surface area (TPSA) is 114 Å². The number of rotatable bonds is 7. The third-order valence-electron chi connectivity index (χ3n) is 3.85. The molecule has 3 N–H and O–H groups in total. The van der Waals surface area contributed by atoms with Crippen LogP contribution < -0.4 is 20.9 Å². The van der Waals surface area contributed by atoms with Crippen LogP contribution >= 0.6 is 0 Å². The summed E-state index contributed by atoms with van der Waals surface area (Å²) in [6.07, 6.45) is 2.68. The Bertz CT molecular complexity index is 1020. The average Bonchev–Trinajstić information content (AvgIpc) is 3.26. The Balaban J connectivity index is 1.44. The summed E-state index contributed by atoms with van der Waals surface area (Å²) in [5.74, 6) is -1.64. The fourth-order valence-electron chi connectivity index (χ4n) is 2.40. The molecule has 3 amide bonds. The van der Waals surface area contributed by atoms with E-state index in [9.17, 15) is 18.8 Å². The molecule has 10 heteroatoms. The lowest BCUT2D eigenvalue weighted by Gasteiger charge is -2.11. The Kier molecular flexibility index (Phi) is 6.72. The molecule has 0 atom stereocenters. The standard InChI is InChI=1S/C20H18FN5O4/c21-14-6-8-15(9-7-14)26-13-22-10-17(26)20(29)25-24-18(27)11-23-19(28)12-30-16-4-2-1-3-5-16/h1-10,13H,11-12H2,(H,23,28)(H,24,27)(H,25,29). The van der Waals surface area contributed by atoms with E-state index in [2.05, 4.69) is 21.2 Å². The molecule has 0 aliphatic carbocycles. The van der Waals surface area contributed by atoms with Crippen LogP contribution in [0.1, 0.15) is 10.5 Å². The number of hydrazine groups is 1. The van der Waals surface area contributed by atoms with E-state index in [1.165, 1.54) is 41.4 Å². The van der Waals surface area contributed by atoms with E-state index < -0.39 is 23.5 Å². The van der Waals surface area contributed by atoms with Gasteiger partial charge in [-0.25, -0.2) is 9.37 Å². The lowest BCUT2D eigenvalue weighted by molar-refractivity contribution is -0.127. The summed E-state index contributed by atoms with van der Waals surface area (Å²) in [7, 11) is 0. The molecule has 0 saturated heterocycles. The molecule has 30 heavy (non-hydrogen) atoms. The van der Waals surface area contributed by atoms with Gasteiger partial charge in [0.2, 0.25) is 0 Å². The summed E-state index contributed by atoms with van der Waals surface area (Å²) in [5, 5.41) is 2.37. The second kappa shape index (κ2) is 9.82. The molecule has 3 rings (SSSR count). The molecular weight excluding hydrogens is 393 g/mol. The molecule has 0 unspecified atom stereocenters. The molecule has 0 bridgehead atoms. The predicted octanol–water partition coefficient (Wildman–Crippen LogP) is 0.968. The normalized spacial score (nSPS) is 10.2. The van der Waals surface area contributed by atoms with Crippen molar-refractivity contribution in [3.63, 3.8) is 0 Å². The molecule has 154 valence electrons. The average molecular weight is 411 g/mol. The van der Waals surface area contributed by atoms with Gasteiger partial charge in [-0.15, -0.1) is 0 Å². The van der Waals surface area contributed by atoms with E-state index in [1.54, 1.807) is 24.3 Å². The van der Waals surface area contributed by atoms with Crippen molar-refractivity contribution in [2.45, 2.75) is 0 Å².